The maximum Gasteiger partial charge on any atom is 0.178 e. The van der Waals surface area contributed by atoms with E-state index in [1.807, 2.05) is 6.92 Å². The van der Waals surface area contributed by atoms with Crippen LogP contribution < -0.4 is 0 Å². The minimum atomic E-state index is -3.39. The van der Waals surface area contributed by atoms with Crippen molar-refractivity contribution >= 4 is 27.2 Å². The zero-order valence-electron chi connectivity index (χ0n) is 13.3. The molecule has 2 unspecified atom stereocenters. The summed E-state index contributed by atoms with van der Waals surface area (Å²) >= 11 is 1.39. The highest BCUT2D eigenvalue weighted by Crippen LogP contribution is 2.45. The van der Waals surface area contributed by atoms with Gasteiger partial charge in [-0.1, -0.05) is 13.0 Å². The van der Waals surface area contributed by atoms with E-state index in [0.717, 1.165) is 24.0 Å². The molecule has 1 fully saturated rings. The van der Waals surface area contributed by atoms with Crippen molar-refractivity contribution in [1.82, 2.24) is 4.37 Å². The third-order valence-electron chi connectivity index (χ3n) is 4.38. The van der Waals surface area contributed by atoms with Gasteiger partial charge in [0.25, 0.3) is 0 Å². The molecule has 5 nitrogen and oxygen atoms in total. The van der Waals surface area contributed by atoms with Crippen LogP contribution >= 0.6 is 11.5 Å². The number of methoxy groups -OCH3 is 1. The van der Waals surface area contributed by atoms with E-state index in [0.29, 0.717) is 17.2 Å². The van der Waals surface area contributed by atoms with E-state index >= 15 is 0 Å². The van der Waals surface area contributed by atoms with Gasteiger partial charge in [-0.15, -0.1) is 0 Å². The summed E-state index contributed by atoms with van der Waals surface area (Å²) < 4.78 is 33.2. The molecule has 1 aromatic rings. The quantitative estimate of drug-likeness (QED) is 0.761. The Labute approximate surface area is 140 Å². The normalized spacial score (nSPS) is 24.8. The summed E-state index contributed by atoms with van der Waals surface area (Å²) in [5.74, 6) is 0.0582. The summed E-state index contributed by atoms with van der Waals surface area (Å²) in [6.07, 6.45) is 8.19. The Bertz CT molecular complexity index is 800. The number of ketones is 1. The average Bonchev–Trinajstić information content (AvgIpc) is 3.22. The van der Waals surface area contributed by atoms with Crippen LogP contribution in [0.1, 0.15) is 40.9 Å². The van der Waals surface area contributed by atoms with E-state index in [4.69, 9.17) is 4.74 Å². The van der Waals surface area contributed by atoms with Crippen LogP contribution in [0.5, 0.6) is 0 Å². The zero-order chi connectivity index (χ0) is 16.8. The molecule has 0 saturated heterocycles. The van der Waals surface area contributed by atoms with Gasteiger partial charge in [-0.25, -0.2) is 12.8 Å². The van der Waals surface area contributed by atoms with Crippen LogP contribution in [-0.2, 0) is 14.6 Å². The van der Waals surface area contributed by atoms with Gasteiger partial charge in [0.2, 0.25) is 0 Å². The number of Topliss-reactive ketones (excluding diaryl/α,β-unsaturated/α-hetero) is 1. The Morgan fingerprint density at radius 2 is 2.09 bits per heavy atom. The van der Waals surface area contributed by atoms with Crippen molar-refractivity contribution in [2.75, 3.05) is 13.4 Å². The molecular formula is C16H19NO4S2. The number of nitrogens with zero attached hydrogens (tertiary/aromatic N) is 1. The monoisotopic (exact) mass is 353 g/mol. The molecule has 0 spiro atoms. The zero-order valence-corrected chi connectivity index (χ0v) is 14.9. The summed E-state index contributed by atoms with van der Waals surface area (Å²) in [6.45, 7) is 1.83. The number of allylic oxidation sites excluding steroid dienone is 3. The number of rotatable bonds is 5. The largest absolute Gasteiger partial charge is 0.499 e. The minimum absolute atomic E-state index is 0.00787. The fourth-order valence-electron chi connectivity index (χ4n) is 2.99. The summed E-state index contributed by atoms with van der Waals surface area (Å²) in [5.41, 5.74) is 0.678. The second-order valence-corrected chi connectivity index (χ2v) is 8.94. The molecule has 2 aliphatic carbocycles. The first-order valence-electron chi connectivity index (χ1n) is 7.49. The lowest BCUT2D eigenvalue weighted by Crippen LogP contribution is -2.27. The molecule has 0 aromatic carbocycles. The third-order valence-corrected chi connectivity index (χ3v) is 6.48. The Kier molecular flexibility index (Phi) is 4.18. The van der Waals surface area contributed by atoms with Crippen molar-refractivity contribution in [2.45, 2.75) is 25.7 Å². The smallest absolute Gasteiger partial charge is 0.178 e. The molecule has 124 valence electrons. The van der Waals surface area contributed by atoms with Crippen molar-refractivity contribution in [3.63, 3.8) is 0 Å². The molecule has 23 heavy (non-hydrogen) atoms. The molecule has 2 aliphatic rings. The first-order valence-corrected chi connectivity index (χ1v) is 10.2. The molecule has 7 heteroatoms. The number of carbonyl (C=O) groups is 1. The molecule has 1 heterocycles. The van der Waals surface area contributed by atoms with Crippen LogP contribution in [0.25, 0.3) is 0 Å². The predicted molar refractivity (Wildman–Crippen MR) is 89.1 cm³/mol. The topological polar surface area (TPSA) is 73.3 Å². The lowest BCUT2D eigenvalue weighted by atomic mass is 9.82. The molecular weight excluding hydrogens is 334 g/mol. The van der Waals surface area contributed by atoms with Gasteiger partial charge >= 0.3 is 0 Å². The van der Waals surface area contributed by atoms with E-state index in [-0.39, 0.29) is 16.6 Å². The fraction of sp³-hybridized carbons (Fsp3) is 0.500. The minimum Gasteiger partial charge on any atom is -0.499 e. The molecule has 2 atom stereocenters. The molecule has 0 N–H and O–H groups in total. The van der Waals surface area contributed by atoms with Gasteiger partial charge in [-0.2, -0.15) is 0 Å². The van der Waals surface area contributed by atoms with E-state index in [2.05, 4.69) is 4.37 Å². The number of aromatic nitrogens is 1. The van der Waals surface area contributed by atoms with Crippen molar-refractivity contribution in [2.24, 2.45) is 11.8 Å². The number of hydrogen-bond donors (Lipinski definition) is 0. The Balaban J connectivity index is 1.94. The van der Waals surface area contributed by atoms with Crippen molar-refractivity contribution < 1.29 is 17.9 Å². The van der Waals surface area contributed by atoms with Crippen LogP contribution in [0.3, 0.4) is 0 Å². The molecule has 1 saturated carbocycles. The van der Waals surface area contributed by atoms with Crippen LogP contribution in [0.4, 0.5) is 0 Å². The number of ether oxygens (including phenoxy) is 1. The molecule has 0 amide bonds. The van der Waals surface area contributed by atoms with Crippen molar-refractivity contribution in [3.8, 4) is 0 Å². The van der Waals surface area contributed by atoms with E-state index in [1.54, 1.807) is 12.3 Å². The Morgan fingerprint density at radius 3 is 2.65 bits per heavy atom. The Morgan fingerprint density at radius 1 is 1.39 bits per heavy atom. The second-order valence-electron chi connectivity index (χ2n) is 6.12. The van der Waals surface area contributed by atoms with Crippen molar-refractivity contribution in [3.05, 3.63) is 39.5 Å². The number of hydrogen-bond acceptors (Lipinski definition) is 6. The Hall–Kier alpha value is -1.47. The molecule has 1 aromatic heterocycles. The highest BCUT2D eigenvalue weighted by Gasteiger charge is 2.37. The maximum atomic E-state index is 12.9. The SMILES string of the molecule is COC1=C(S(C)(=O)=O)C=CC(C(=O)c2cnsc2C2CC2)C1C. The lowest BCUT2D eigenvalue weighted by molar-refractivity contribution is 0.0897. The fourth-order valence-corrected chi connectivity index (χ4v) is 4.86. The van der Waals surface area contributed by atoms with Crippen LogP contribution in [-0.4, -0.2) is 31.9 Å². The average molecular weight is 353 g/mol. The molecule has 0 aliphatic heterocycles. The molecule has 0 radical (unpaired) electrons. The van der Waals surface area contributed by atoms with E-state index < -0.39 is 15.8 Å². The lowest BCUT2D eigenvalue weighted by Gasteiger charge is -2.26. The molecule has 3 rings (SSSR count). The highest BCUT2D eigenvalue weighted by atomic mass is 32.2. The van der Waals surface area contributed by atoms with Gasteiger partial charge in [0.15, 0.2) is 15.6 Å². The van der Waals surface area contributed by atoms with Gasteiger partial charge in [-0.05, 0) is 36.4 Å². The number of carbonyl (C=O) groups excluding carboxylic acids is 1. The van der Waals surface area contributed by atoms with Gasteiger partial charge in [0.1, 0.15) is 10.7 Å². The van der Waals surface area contributed by atoms with Crippen LogP contribution in [0, 0.1) is 11.8 Å². The van der Waals surface area contributed by atoms with Gasteiger partial charge in [0.05, 0.1) is 24.8 Å². The first kappa shape index (κ1) is 16.4. The molecule has 0 bridgehead atoms. The highest BCUT2D eigenvalue weighted by molar-refractivity contribution is 7.94. The summed E-state index contributed by atoms with van der Waals surface area (Å²) in [5, 5.41) is 0. The first-order chi connectivity index (χ1) is 10.8. The second kappa shape index (κ2) is 5.87. The van der Waals surface area contributed by atoms with Gasteiger partial charge < -0.3 is 4.74 Å². The summed E-state index contributed by atoms with van der Waals surface area (Å²) in [6, 6.07) is 0. The van der Waals surface area contributed by atoms with E-state index in [1.165, 1.54) is 24.7 Å². The summed E-state index contributed by atoms with van der Waals surface area (Å²) in [7, 11) is -1.94. The summed E-state index contributed by atoms with van der Waals surface area (Å²) in [4.78, 5) is 14.1. The van der Waals surface area contributed by atoms with Crippen molar-refractivity contribution in [1.29, 1.82) is 0 Å². The van der Waals surface area contributed by atoms with Crippen LogP contribution in [0.2, 0.25) is 0 Å². The maximum absolute atomic E-state index is 12.9. The van der Waals surface area contributed by atoms with Gasteiger partial charge in [-0.3, -0.25) is 4.79 Å². The number of sulfone groups is 1. The van der Waals surface area contributed by atoms with E-state index in [9.17, 15) is 13.2 Å². The van der Waals surface area contributed by atoms with Crippen LogP contribution in [0.15, 0.2) is 29.0 Å². The predicted octanol–water partition coefficient (Wildman–Crippen LogP) is 2.93. The standard InChI is InChI=1S/C16H19NO4S2/c1-9-11(6-7-13(15(9)21-2)23(3,19)20)14(18)12-8-17-22-16(12)10-4-5-10/h6-11H,4-5H2,1-3H3. The third kappa shape index (κ3) is 2.99. The van der Waals surface area contributed by atoms with Gasteiger partial charge in [0, 0.05) is 17.1 Å².